The van der Waals surface area contributed by atoms with E-state index < -0.39 is 33.9 Å². The Morgan fingerprint density at radius 3 is 2.57 bits per heavy atom. The van der Waals surface area contributed by atoms with E-state index in [0.717, 1.165) is 0 Å². The summed E-state index contributed by atoms with van der Waals surface area (Å²) in [5, 5.41) is 8.56. The Hall–Kier alpha value is -1.11. The number of carboxylic acids is 1. The molecule has 0 radical (unpaired) electrons. The topological polar surface area (TPSA) is 50.2 Å². The van der Waals surface area contributed by atoms with Crippen molar-refractivity contribution in [1.82, 2.24) is 4.98 Å². The van der Waals surface area contributed by atoms with Crippen LogP contribution in [0.2, 0.25) is 0 Å². The number of hydrogen-bond acceptors (Lipinski definition) is 2. The molecule has 0 aromatic carbocycles. The van der Waals surface area contributed by atoms with Crippen LogP contribution >= 0.6 is 15.9 Å². The van der Waals surface area contributed by atoms with Gasteiger partial charge in [-0.25, -0.2) is 18.6 Å². The summed E-state index contributed by atoms with van der Waals surface area (Å²) in [6.07, 6.45) is -2.50. The first-order chi connectivity index (χ1) is 6.45. The summed E-state index contributed by atoms with van der Waals surface area (Å²) in [6, 6.07) is 0. The highest BCUT2D eigenvalue weighted by molar-refractivity contribution is 9.10. The Bertz CT molecular complexity index is 383. The van der Waals surface area contributed by atoms with Crippen molar-refractivity contribution in [3.63, 3.8) is 0 Å². The van der Waals surface area contributed by atoms with E-state index in [1.807, 2.05) is 0 Å². The second-order valence-corrected chi connectivity index (χ2v) is 3.09. The summed E-state index contributed by atoms with van der Waals surface area (Å²) in [6.45, 7) is 0. The van der Waals surface area contributed by atoms with Crippen molar-refractivity contribution in [3.05, 3.63) is 27.7 Å². The Labute approximate surface area is 84.7 Å². The maximum absolute atomic E-state index is 12.7. The molecule has 1 heterocycles. The zero-order valence-electron chi connectivity index (χ0n) is 6.47. The molecule has 0 amide bonds. The first-order valence-corrected chi connectivity index (χ1v) is 4.09. The number of nitrogens with zero attached hydrogens (tertiary/aromatic N) is 1. The van der Waals surface area contributed by atoms with Crippen molar-refractivity contribution in [1.29, 1.82) is 0 Å². The van der Waals surface area contributed by atoms with Crippen LogP contribution in [-0.2, 0) is 0 Å². The van der Waals surface area contributed by atoms with Crippen molar-refractivity contribution in [3.8, 4) is 0 Å². The number of carbonyl (C=O) groups is 1. The number of hydrogen-bond donors (Lipinski definition) is 1. The molecule has 76 valence electrons. The van der Waals surface area contributed by atoms with Crippen LogP contribution in [0, 0.1) is 5.95 Å². The first-order valence-electron chi connectivity index (χ1n) is 3.30. The zero-order valence-corrected chi connectivity index (χ0v) is 8.06. The average Bonchev–Trinajstić information content (AvgIpc) is 2.08. The minimum Gasteiger partial charge on any atom is -0.478 e. The van der Waals surface area contributed by atoms with Crippen LogP contribution in [0.5, 0.6) is 0 Å². The molecule has 3 nitrogen and oxygen atoms in total. The number of pyridine rings is 1. The molecule has 1 aromatic rings. The zero-order chi connectivity index (χ0) is 10.9. The van der Waals surface area contributed by atoms with Crippen molar-refractivity contribution < 1.29 is 23.1 Å². The lowest BCUT2D eigenvalue weighted by atomic mass is 10.1. The fraction of sp³-hybridized carbons (Fsp3) is 0.143. The number of rotatable bonds is 2. The lowest BCUT2D eigenvalue weighted by Crippen LogP contribution is -2.07. The fourth-order valence-corrected chi connectivity index (χ4v) is 1.36. The van der Waals surface area contributed by atoms with Gasteiger partial charge in [0.2, 0.25) is 5.95 Å². The highest BCUT2D eigenvalue weighted by atomic mass is 79.9. The van der Waals surface area contributed by atoms with E-state index >= 15 is 0 Å². The summed E-state index contributed by atoms with van der Waals surface area (Å²) in [7, 11) is 0. The molecule has 1 N–H and O–H groups in total. The molecule has 0 aliphatic heterocycles. The van der Waals surface area contributed by atoms with Gasteiger partial charge in [-0.2, -0.15) is 4.39 Å². The quantitative estimate of drug-likeness (QED) is 0.840. The number of carboxylic acid groups (broad SMARTS) is 1. The molecule has 0 unspecified atom stereocenters. The molecule has 0 saturated heterocycles. The van der Waals surface area contributed by atoms with Crippen LogP contribution < -0.4 is 0 Å². The van der Waals surface area contributed by atoms with Crippen LogP contribution in [0.25, 0.3) is 0 Å². The van der Waals surface area contributed by atoms with Gasteiger partial charge in [0, 0.05) is 6.20 Å². The van der Waals surface area contributed by atoms with Gasteiger partial charge in [-0.05, 0) is 15.9 Å². The second-order valence-electron chi connectivity index (χ2n) is 2.30. The van der Waals surface area contributed by atoms with E-state index in [1.54, 1.807) is 0 Å². The van der Waals surface area contributed by atoms with Gasteiger partial charge in [-0.15, -0.1) is 0 Å². The highest BCUT2D eigenvalue weighted by Crippen LogP contribution is 2.29. The van der Waals surface area contributed by atoms with E-state index in [-0.39, 0.29) is 0 Å². The number of aromatic nitrogens is 1. The van der Waals surface area contributed by atoms with Gasteiger partial charge in [0.05, 0.1) is 15.6 Å². The molecule has 14 heavy (non-hydrogen) atoms. The van der Waals surface area contributed by atoms with Gasteiger partial charge in [-0.1, -0.05) is 0 Å². The van der Waals surface area contributed by atoms with Crippen molar-refractivity contribution in [2.45, 2.75) is 6.43 Å². The fourth-order valence-electron chi connectivity index (χ4n) is 0.860. The summed E-state index contributed by atoms with van der Waals surface area (Å²) < 4.78 is 36.7. The van der Waals surface area contributed by atoms with Crippen molar-refractivity contribution >= 4 is 21.9 Å². The maximum Gasteiger partial charge on any atom is 0.337 e. The Kier molecular flexibility index (Phi) is 3.10. The van der Waals surface area contributed by atoms with E-state index in [9.17, 15) is 18.0 Å². The SMILES string of the molecule is O=C(O)c1c(C(F)F)cnc(F)c1Br. The molecule has 1 aromatic heterocycles. The number of alkyl halides is 2. The van der Waals surface area contributed by atoms with Gasteiger partial charge in [-0.3, -0.25) is 0 Å². The third-order valence-electron chi connectivity index (χ3n) is 1.46. The predicted molar refractivity (Wildman–Crippen MR) is 43.8 cm³/mol. The monoisotopic (exact) mass is 269 g/mol. The third-order valence-corrected chi connectivity index (χ3v) is 2.18. The summed E-state index contributed by atoms with van der Waals surface area (Å²) in [5.74, 6) is -2.76. The lowest BCUT2D eigenvalue weighted by Gasteiger charge is -2.06. The molecular weight excluding hydrogens is 267 g/mol. The van der Waals surface area contributed by atoms with E-state index in [1.165, 1.54) is 0 Å². The average molecular weight is 270 g/mol. The van der Waals surface area contributed by atoms with Crippen LogP contribution in [0.4, 0.5) is 13.2 Å². The molecule has 0 aliphatic carbocycles. The largest absolute Gasteiger partial charge is 0.478 e. The van der Waals surface area contributed by atoms with Crippen molar-refractivity contribution in [2.75, 3.05) is 0 Å². The minimum atomic E-state index is -3.01. The van der Waals surface area contributed by atoms with Crippen LogP contribution in [0.1, 0.15) is 22.3 Å². The molecular formula is C7H3BrF3NO2. The third kappa shape index (κ3) is 1.87. The summed E-state index contributed by atoms with van der Waals surface area (Å²) in [4.78, 5) is 13.5. The van der Waals surface area contributed by atoms with Crippen LogP contribution in [0.3, 0.4) is 0 Å². The molecule has 0 saturated carbocycles. The predicted octanol–water partition coefficient (Wildman–Crippen LogP) is 2.62. The van der Waals surface area contributed by atoms with Gasteiger partial charge >= 0.3 is 5.97 Å². The van der Waals surface area contributed by atoms with Gasteiger partial charge < -0.3 is 5.11 Å². The summed E-state index contributed by atoms with van der Waals surface area (Å²) in [5.41, 5.74) is -1.61. The number of aromatic carboxylic acids is 1. The van der Waals surface area contributed by atoms with E-state index in [4.69, 9.17) is 5.11 Å². The van der Waals surface area contributed by atoms with Crippen molar-refractivity contribution in [2.24, 2.45) is 0 Å². The molecule has 0 aliphatic rings. The highest BCUT2D eigenvalue weighted by Gasteiger charge is 2.23. The van der Waals surface area contributed by atoms with Gasteiger partial charge in [0.25, 0.3) is 6.43 Å². The van der Waals surface area contributed by atoms with E-state index in [0.29, 0.717) is 6.20 Å². The van der Waals surface area contributed by atoms with E-state index in [2.05, 4.69) is 20.9 Å². The van der Waals surface area contributed by atoms with Crippen LogP contribution in [0.15, 0.2) is 10.7 Å². The molecule has 7 heteroatoms. The molecule has 0 spiro atoms. The lowest BCUT2D eigenvalue weighted by molar-refractivity contribution is 0.0682. The Morgan fingerprint density at radius 1 is 1.57 bits per heavy atom. The Balaban J connectivity index is 3.45. The van der Waals surface area contributed by atoms with Gasteiger partial charge in [0.15, 0.2) is 0 Å². The standard InChI is InChI=1S/C7H3BrF3NO2/c8-4-3(7(13)14)2(5(9)10)1-12-6(4)11/h1,5H,(H,13,14). The first kappa shape index (κ1) is 11.0. The Morgan fingerprint density at radius 2 is 2.14 bits per heavy atom. The summed E-state index contributed by atoms with van der Waals surface area (Å²) >= 11 is 2.55. The molecule has 0 bridgehead atoms. The normalized spacial score (nSPS) is 10.6. The maximum atomic E-state index is 12.7. The smallest absolute Gasteiger partial charge is 0.337 e. The molecule has 0 atom stereocenters. The minimum absolute atomic E-state index is 0.508. The molecule has 0 fully saturated rings. The van der Waals surface area contributed by atoms with Gasteiger partial charge in [0.1, 0.15) is 0 Å². The second kappa shape index (κ2) is 3.95. The number of halogens is 4. The van der Waals surface area contributed by atoms with Crippen LogP contribution in [-0.4, -0.2) is 16.1 Å². The molecule has 1 rings (SSSR count).